The highest BCUT2D eigenvalue weighted by Gasteiger charge is 2.34. The molecule has 2 fully saturated rings. The fraction of sp³-hybridized carbons (Fsp3) is 0.579. The third kappa shape index (κ3) is 4.28. The van der Waals surface area contributed by atoms with Crippen LogP contribution in [0.5, 0.6) is 0 Å². The lowest BCUT2D eigenvalue weighted by molar-refractivity contribution is -0.124. The van der Waals surface area contributed by atoms with E-state index in [2.05, 4.69) is 10.6 Å². The highest BCUT2D eigenvalue weighted by Crippen LogP contribution is 2.23. The number of hydrogen-bond acceptors (Lipinski definition) is 2. The normalized spacial score (nSPS) is 21.5. The van der Waals surface area contributed by atoms with Crippen molar-refractivity contribution in [2.45, 2.75) is 51.0 Å². The van der Waals surface area contributed by atoms with Gasteiger partial charge >= 0.3 is 6.03 Å². The van der Waals surface area contributed by atoms with Crippen molar-refractivity contribution in [3.63, 3.8) is 0 Å². The van der Waals surface area contributed by atoms with Crippen LogP contribution in [-0.2, 0) is 4.79 Å². The maximum atomic E-state index is 12.5. The topological polar surface area (TPSA) is 61.4 Å². The molecule has 1 atom stereocenters. The first-order valence-corrected chi connectivity index (χ1v) is 9.14. The molecule has 1 saturated heterocycles. The first-order valence-electron chi connectivity index (χ1n) is 9.14. The Morgan fingerprint density at radius 1 is 1.00 bits per heavy atom. The molecule has 1 heterocycles. The molecule has 1 aromatic rings. The molecule has 0 radical (unpaired) electrons. The average Bonchev–Trinajstić information content (AvgIpc) is 3.11. The van der Waals surface area contributed by atoms with Crippen LogP contribution in [0, 0.1) is 5.92 Å². The number of nitrogens with zero attached hydrogens (tertiary/aromatic N) is 1. The fourth-order valence-corrected chi connectivity index (χ4v) is 3.75. The van der Waals surface area contributed by atoms with Gasteiger partial charge in [-0.15, -0.1) is 0 Å². The van der Waals surface area contributed by atoms with E-state index >= 15 is 0 Å². The summed E-state index contributed by atoms with van der Waals surface area (Å²) in [6.45, 7) is 1.39. The van der Waals surface area contributed by atoms with Crippen molar-refractivity contribution >= 4 is 17.6 Å². The summed E-state index contributed by atoms with van der Waals surface area (Å²) in [5.74, 6) is 0.608. The molecule has 130 valence electrons. The summed E-state index contributed by atoms with van der Waals surface area (Å²) in [4.78, 5) is 26.7. The molecular formula is C19H27N3O2. The van der Waals surface area contributed by atoms with Crippen LogP contribution >= 0.6 is 0 Å². The number of para-hydroxylation sites is 1. The molecule has 1 aliphatic carbocycles. The van der Waals surface area contributed by atoms with Crippen molar-refractivity contribution in [3.8, 4) is 0 Å². The molecule has 3 rings (SSSR count). The lowest BCUT2D eigenvalue weighted by Crippen LogP contribution is -2.48. The summed E-state index contributed by atoms with van der Waals surface area (Å²) < 4.78 is 0. The standard InChI is InChI=1S/C19H27N3O2/c23-18(20-14-15-8-3-1-4-9-15)17-12-7-13-22(17)19(24)21-16-10-5-2-6-11-16/h2,5-6,10-11,15,17H,1,3-4,7-9,12-14H2,(H,20,23)(H,21,24). The van der Waals surface area contributed by atoms with Gasteiger partial charge < -0.3 is 15.5 Å². The van der Waals surface area contributed by atoms with Crippen LogP contribution in [-0.4, -0.2) is 36.0 Å². The van der Waals surface area contributed by atoms with Crippen molar-refractivity contribution in [1.29, 1.82) is 0 Å². The van der Waals surface area contributed by atoms with Gasteiger partial charge in [0, 0.05) is 18.8 Å². The van der Waals surface area contributed by atoms with Crippen molar-refractivity contribution in [2.75, 3.05) is 18.4 Å². The number of rotatable bonds is 4. The van der Waals surface area contributed by atoms with E-state index in [1.165, 1.54) is 32.1 Å². The van der Waals surface area contributed by atoms with Crippen LogP contribution in [0.15, 0.2) is 30.3 Å². The van der Waals surface area contributed by atoms with Crippen molar-refractivity contribution in [2.24, 2.45) is 5.92 Å². The van der Waals surface area contributed by atoms with E-state index in [0.29, 0.717) is 12.5 Å². The largest absolute Gasteiger partial charge is 0.354 e. The summed E-state index contributed by atoms with van der Waals surface area (Å²) in [6, 6.07) is 8.86. The summed E-state index contributed by atoms with van der Waals surface area (Å²) in [5, 5.41) is 5.96. The first-order chi connectivity index (χ1) is 11.7. The highest BCUT2D eigenvalue weighted by molar-refractivity contribution is 5.94. The van der Waals surface area contributed by atoms with E-state index in [9.17, 15) is 9.59 Å². The second-order valence-electron chi connectivity index (χ2n) is 6.90. The molecule has 1 saturated carbocycles. The maximum Gasteiger partial charge on any atom is 0.322 e. The van der Waals surface area contributed by atoms with Crippen LogP contribution < -0.4 is 10.6 Å². The van der Waals surface area contributed by atoms with Gasteiger partial charge in [0.15, 0.2) is 0 Å². The third-order valence-corrected chi connectivity index (χ3v) is 5.13. The molecule has 2 aliphatic rings. The minimum atomic E-state index is -0.336. The van der Waals surface area contributed by atoms with E-state index in [1.807, 2.05) is 30.3 Å². The molecule has 1 aromatic carbocycles. The monoisotopic (exact) mass is 329 g/mol. The maximum absolute atomic E-state index is 12.5. The number of urea groups is 1. The van der Waals surface area contributed by atoms with Crippen molar-refractivity contribution in [3.05, 3.63) is 30.3 Å². The Bertz CT molecular complexity index is 555. The predicted octanol–water partition coefficient (Wildman–Crippen LogP) is 3.38. The molecular weight excluding hydrogens is 302 g/mol. The molecule has 1 aliphatic heterocycles. The number of anilines is 1. The first kappa shape index (κ1) is 16.8. The van der Waals surface area contributed by atoms with Gasteiger partial charge in [0.2, 0.25) is 5.91 Å². The summed E-state index contributed by atoms with van der Waals surface area (Å²) in [7, 11) is 0. The van der Waals surface area contributed by atoms with Gasteiger partial charge in [-0.2, -0.15) is 0 Å². The SMILES string of the molecule is O=C(NCC1CCCCC1)C1CCCN1C(=O)Nc1ccccc1. The van der Waals surface area contributed by atoms with Crippen molar-refractivity contribution < 1.29 is 9.59 Å². The summed E-state index contributed by atoms with van der Waals surface area (Å²) in [5.41, 5.74) is 0.760. The Kier molecular flexibility index (Phi) is 5.72. The fourth-order valence-electron chi connectivity index (χ4n) is 3.75. The molecule has 5 nitrogen and oxygen atoms in total. The lowest BCUT2D eigenvalue weighted by atomic mass is 9.89. The Hall–Kier alpha value is -2.04. The Morgan fingerprint density at radius 2 is 1.75 bits per heavy atom. The van der Waals surface area contributed by atoms with Gasteiger partial charge in [-0.05, 0) is 43.7 Å². The second kappa shape index (κ2) is 8.18. The van der Waals surface area contributed by atoms with Crippen LogP contribution in [0.2, 0.25) is 0 Å². The Labute approximate surface area is 143 Å². The number of amides is 3. The molecule has 5 heteroatoms. The number of nitrogens with one attached hydrogen (secondary N) is 2. The predicted molar refractivity (Wildman–Crippen MR) is 94.8 cm³/mol. The lowest BCUT2D eigenvalue weighted by Gasteiger charge is -2.26. The van der Waals surface area contributed by atoms with Crippen LogP contribution in [0.25, 0.3) is 0 Å². The zero-order chi connectivity index (χ0) is 16.8. The number of benzene rings is 1. The number of hydrogen-bond donors (Lipinski definition) is 2. The van der Waals surface area contributed by atoms with Gasteiger partial charge in [-0.25, -0.2) is 4.79 Å². The van der Waals surface area contributed by atoms with Crippen LogP contribution in [0.4, 0.5) is 10.5 Å². The van der Waals surface area contributed by atoms with Crippen LogP contribution in [0.1, 0.15) is 44.9 Å². The van der Waals surface area contributed by atoms with Gasteiger partial charge in [-0.1, -0.05) is 37.5 Å². The zero-order valence-corrected chi connectivity index (χ0v) is 14.2. The van der Waals surface area contributed by atoms with E-state index in [-0.39, 0.29) is 18.0 Å². The zero-order valence-electron chi connectivity index (χ0n) is 14.2. The van der Waals surface area contributed by atoms with E-state index < -0.39 is 0 Å². The Balaban J connectivity index is 1.52. The molecule has 0 spiro atoms. The number of likely N-dealkylation sites (tertiary alicyclic amines) is 1. The highest BCUT2D eigenvalue weighted by atomic mass is 16.2. The van der Waals surface area contributed by atoms with Gasteiger partial charge in [0.1, 0.15) is 6.04 Å². The van der Waals surface area contributed by atoms with Crippen LogP contribution in [0.3, 0.4) is 0 Å². The number of carbonyl (C=O) groups is 2. The Morgan fingerprint density at radius 3 is 2.50 bits per heavy atom. The second-order valence-corrected chi connectivity index (χ2v) is 6.90. The average molecular weight is 329 g/mol. The van der Waals surface area contributed by atoms with E-state index in [4.69, 9.17) is 0 Å². The van der Waals surface area contributed by atoms with E-state index in [0.717, 1.165) is 25.1 Å². The molecule has 1 unspecified atom stereocenters. The van der Waals surface area contributed by atoms with Crippen molar-refractivity contribution in [1.82, 2.24) is 10.2 Å². The molecule has 24 heavy (non-hydrogen) atoms. The molecule has 2 N–H and O–H groups in total. The minimum Gasteiger partial charge on any atom is -0.354 e. The van der Waals surface area contributed by atoms with Gasteiger partial charge in [0.25, 0.3) is 0 Å². The summed E-state index contributed by atoms with van der Waals surface area (Å²) in [6.07, 6.45) is 7.92. The third-order valence-electron chi connectivity index (χ3n) is 5.13. The van der Waals surface area contributed by atoms with Gasteiger partial charge in [0.05, 0.1) is 0 Å². The van der Waals surface area contributed by atoms with Gasteiger partial charge in [-0.3, -0.25) is 4.79 Å². The quantitative estimate of drug-likeness (QED) is 0.889. The minimum absolute atomic E-state index is 0.00119. The molecule has 0 bridgehead atoms. The molecule has 3 amide bonds. The molecule has 0 aromatic heterocycles. The summed E-state index contributed by atoms with van der Waals surface area (Å²) >= 11 is 0. The number of carbonyl (C=O) groups excluding carboxylic acids is 2. The van der Waals surface area contributed by atoms with E-state index in [1.54, 1.807) is 4.90 Å². The smallest absolute Gasteiger partial charge is 0.322 e.